The van der Waals surface area contributed by atoms with Crippen molar-refractivity contribution in [3.63, 3.8) is 0 Å². The molecule has 3 unspecified atom stereocenters. The molecule has 1 aliphatic rings. The third kappa shape index (κ3) is 4.83. The molecule has 0 aromatic rings. The third-order valence-electron chi connectivity index (χ3n) is 3.75. The molecule has 2 N–H and O–H groups in total. The molecule has 0 spiro atoms. The summed E-state index contributed by atoms with van der Waals surface area (Å²) in [6.45, 7) is 6.36. The molecule has 0 aromatic carbocycles. The van der Waals surface area contributed by atoms with E-state index in [-0.39, 0.29) is 36.6 Å². The van der Waals surface area contributed by atoms with Crippen molar-refractivity contribution >= 4 is 17.8 Å². The molecule has 1 saturated carbocycles. The molecule has 2 amide bonds. The maximum absolute atomic E-state index is 12.0. The van der Waals surface area contributed by atoms with Gasteiger partial charge in [-0.05, 0) is 26.2 Å². The van der Waals surface area contributed by atoms with Gasteiger partial charge < -0.3 is 15.3 Å². The molecule has 0 radical (unpaired) electrons. The Hall–Kier alpha value is -1.59. The Morgan fingerprint density at radius 2 is 2.00 bits per heavy atom. The highest BCUT2D eigenvalue weighted by molar-refractivity contribution is 5.82. The summed E-state index contributed by atoms with van der Waals surface area (Å²) in [7, 11) is 0. The minimum absolute atomic E-state index is 0.0203. The molecule has 20 heavy (non-hydrogen) atoms. The van der Waals surface area contributed by atoms with Crippen molar-refractivity contribution in [1.82, 2.24) is 10.2 Å². The SMILES string of the molecule is CCN(C(=O)CCNC(=O)C1CC1C)C(C)CC(=O)O. The van der Waals surface area contributed by atoms with E-state index in [0.717, 1.165) is 6.42 Å². The predicted octanol–water partition coefficient (Wildman–Crippen LogP) is 0.860. The van der Waals surface area contributed by atoms with Gasteiger partial charge in [-0.25, -0.2) is 0 Å². The quantitative estimate of drug-likeness (QED) is 0.692. The molecule has 0 aliphatic heterocycles. The number of aliphatic carboxylic acids is 1. The van der Waals surface area contributed by atoms with Crippen LogP contribution in [0.25, 0.3) is 0 Å². The van der Waals surface area contributed by atoms with Crippen molar-refractivity contribution in [3.05, 3.63) is 0 Å². The molecule has 0 heterocycles. The van der Waals surface area contributed by atoms with Gasteiger partial charge in [0.2, 0.25) is 11.8 Å². The Bertz CT molecular complexity index is 383. The fraction of sp³-hybridized carbons (Fsp3) is 0.786. The number of hydrogen-bond donors (Lipinski definition) is 2. The van der Waals surface area contributed by atoms with Crippen LogP contribution in [0.1, 0.15) is 40.0 Å². The zero-order valence-electron chi connectivity index (χ0n) is 12.4. The van der Waals surface area contributed by atoms with Crippen LogP contribution in [-0.2, 0) is 14.4 Å². The first kappa shape index (κ1) is 16.5. The van der Waals surface area contributed by atoms with Crippen molar-refractivity contribution < 1.29 is 19.5 Å². The van der Waals surface area contributed by atoms with Gasteiger partial charge in [0.25, 0.3) is 0 Å². The van der Waals surface area contributed by atoms with E-state index in [0.29, 0.717) is 19.0 Å². The lowest BCUT2D eigenvalue weighted by molar-refractivity contribution is -0.140. The highest BCUT2D eigenvalue weighted by Crippen LogP contribution is 2.37. The number of carbonyl (C=O) groups excluding carboxylic acids is 2. The smallest absolute Gasteiger partial charge is 0.305 e. The first-order valence-corrected chi connectivity index (χ1v) is 7.15. The number of carboxylic acids is 1. The Kier molecular flexibility index (Phi) is 5.98. The average molecular weight is 284 g/mol. The fourth-order valence-electron chi connectivity index (χ4n) is 2.35. The van der Waals surface area contributed by atoms with Crippen LogP contribution in [0.4, 0.5) is 0 Å². The second kappa shape index (κ2) is 7.26. The number of carbonyl (C=O) groups is 3. The molecule has 0 aromatic heterocycles. The van der Waals surface area contributed by atoms with E-state index in [1.54, 1.807) is 11.8 Å². The van der Waals surface area contributed by atoms with Gasteiger partial charge in [-0.15, -0.1) is 0 Å². The van der Waals surface area contributed by atoms with Gasteiger partial charge in [-0.1, -0.05) is 6.92 Å². The summed E-state index contributed by atoms with van der Waals surface area (Å²) in [6.07, 6.45) is 1.08. The molecule has 0 bridgehead atoms. The van der Waals surface area contributed by atoms with Crippen molar-refractivity contribution in [1.29, 1.82) is 0 Å². The van der Waals surface area contributed by atoms with Crippen molar-refractivity contribution in [2.45, 2.75) is 46.1 Å². The molecule has 114 valence electrons. The maximum atomic E-state index is 12.0. The number of carboxylic acid groups (broad SMARTS) is 1. The van der Waals surface area contributed by atoms with Gasteiger partial charge in [0, 0.05) is 31.5 Å². The lowest BCUT2D eigenvalue weighted by atomic mass is 10.2. The molecule has 6 nitrogen and oxygen atoms in total. The van der Waals surface area contributed by atoms with Crippen LogP contribution >= 0.6 is 0 Å². The van der Waals surface area contributed by atoms with Gasteiger partial charge in [0.15, 0.2) is 0 Å². The van der Waals surface area contributed by atoms with E-state index in [1.807, 2.05) is 13.8 Å². The second-order valence-corrected chi connectivity index (χ2v) is 5.49. The topological polar surface area (TPSA) is 86.7 Å². The van der Waals surface area contributed by atoms with Crippen molar-refractivity contribution in [2.75, 3.05) is 13.1 Å². The van der Waals surface area contributed by atoms with Crippen LogP contribution in [0.5, 0.6) is 0 Å². The normalized spacial score (nSPS) is 21.9. The summed E-state index contributed by atoms with van der Waals surface area (Å²) < 4.78 is 0. The molecule has 1 rings (SSSR count). The van der Waals surface area contributed by atoms with Crippen molar-refractivity contribution in [3.8, 4) is 0 Å². The number of rotatable bonds is 8. The monoisotopic (exact) mass is 284 g/mol. The Labute approximate surface area is 119 Å². The van der Waals surface area contributed by atoms with Crippen LogP contribution in [-0.4, -0.2) is 46.9 Å². The number of nitrogens with one attached hydrogen (secondary N) is 1. The van der Waals surface area contributed by atoms with Crippen LogP contribution in [0, 0.1) is 11.8 Å². The molecular weight excluding hydrogens is 260 g/mol. The van der Waals surface area contributed by atoms with E-state index < -0.39 is 5.97 Å². The molecular formula is C14H24N2O4. The summed E-state index contributed by atoms with van der Waals surface area (Å²) in [5.74, 6) is -0.455. The first-order chi connectivity index (χ1) is 9.36. The van der Waals surface area contributed by atoms with Crippen LogP contribution < -0.4 is 5.32 Å². The van der Waals surface area contributed by atoms with Gasteiger partial charge in [-0.2, -0.15) is 0 Å². The highest BCUT2D eigenvalue weighted by atomic mass is 16.4. The Balaban J connectivity index is 2.31. The number of hydrogen-bond acceptors (Lipinski definition) is 3. The minimum Gasteiger partial charge on any atom is -0.481 e. The van der Waals surface area contributed by atoms with E-state index in [4.69, 9.17) is 5.11 Å². The van der Waals surface area contributed by atoms with Gasteiger partial charge >= 0.3 is 5.97 Å². The van der Waals surface area contributed by atoms with E-state index in [9.17, 15) is 14.4 Å². The summed E-state index contributed by atoms with van der Waals surface area (Å²) in [5.41, 5.74) is 0. The summed E-state index contributed by atoms with van der Waals surface area (Å²) in [4.78, 5) is 35.8. The molecule has 1 aliphatic carbocycles. The summed E-state index contributed by atoms with van der Waals surface area (Å²) >= 11 is 0. The van der Waals surface area contributed by atoms with E-state index in [2.05, 4.69) is 5.32 Å². The Morgan fingerprint density at radius 3 is 2.45 bits per heavy atom. The third-order valence-corrected chi connectivity index (χ3v) is 3.75. The van der Waals surface area contributed by atoms with Crippen LogP contribution in [0.15, 0.2) is 0 Å². The van der Waals surface area contributed by atoms with E-state index in [1.165, 1.54) is 0 Å². The maximum Gasteiger partial charge on any atom is 0.305 e. The molecule has 0 saturated heterocycles. The van der Waals surface area contributed by atoms with Gasteiger partial charge in [0.1, 0.15) is 0 Å². The first-order valence-electron chi connectivity index (χ1n) is 7.15. The number of nitrogens with zero attached hydrogens (tertiary/aromatic N) is 1. The number of amides is 2. The second-order valence-electron chi connectivity index (χ2n) is 5.49. The molecule has 1 fully saturated rings. The Morgan fingerprint density at radius 1 is 1.40 bits per heavy atom. The van der Waals surface area contributed by atoms with Crippen LogP contribution in [0.3, 0.4) is 0 Å². The lowest BCUT2D eigenvalue weighted by Gasteiger charge is -2.27. The zero-order chi connectivity index (χ0) is 15.3. The predicted molar refractivity (Wildman–Crippen MR) is 74.0 cm³/mol. The van der Waals surface area contributed by atoms with Gasteiger partial charge in [0.05, 0.1) is 6.42 Å². The standard InChI is InChI=1S/C14H24N2O4/c1-4-16(10(3)8-13(18)19)12(17)5-6-15-14(20)11-7-9(11)2/h9-11H,4-8H2,1-3H3,(H,15,20)(H,18,19). The minimum atomic E-state index is -0.917. The average Bonchev–Trinajstić information content (AvgIpc) is 3.06. The molecule has 6 heteroatoms. The lowest BCUT2D eigenvalue weighted by Crippen LogP contribution is -2.41. The summed E-state index contributed by atoms with van der Waals surface area (Å²) in [6, 6.07) is -0.329. The van der Waals surface area contributed by atoms with Crippen LogP contribution in [0.2, 0.25) is 0 Å². The zero-order valence-corrected chi connectivity index (χ0v) is 12.4. The largest absolute Gasteiger partial charge is 0.481 e. The van der Waals surface area contributed by atoms with Crippen molar-refractivity contribution in [2.24, 2.45) is 11.8 Å². The highest BCUT2D eigenvalue weighted by Gasteiger charge is 2.38. The van der Waals surface area contributed by atoms with E-state index >= 15 is 0 Å². The van der Waals surface area contributed by atoms with Gasteiger partial charge in [-0.3, -0.25) is 14.4 Å². The fourth-order valence-corrected chi connectivity index (χ4v) is 2.35. The summed E-state index contributed by atoms with van der Waals surface area (Å²) in [5, 5.41) is 11.5. The molecule has 3 atom stereocenters.